The summed E-state index contributed by atoms with van der Waals surface area (Å²) in [5, 5.41) is 3.00. The Morgan fingerprint density at radius 2 is 1.33 bits per heavy atom. The zero-order chi connectivity index (χ0) is 39.6. The minimum Gasteiger partial charge on any atom is -0.450 e. The van der Waals surface area contributed by atoms with Gasteiger partial charge in [0.25, 0.3) is 0 Å². The van der Waals surface area contributed by atoms with Gasteiger partial charge in [0.05, 0.1) is 12.1 Å². The normalized spacial score (nSPS) is 12.5. The van der Waals surface area contributed by atoms with Crippen LogP contribution in [-0.2, 0) is 43.3 Å². The number of nitrogens with zero attached hydrogens (tertiary/aromatic N) is 2. The van der Waals surface area contributed by atoms with Gasteiger partial charge in [-0.1, -0.05) is 88.3 Å². The molecule has 0 unspecified atom stereocenters. The highest BCUT2D eigenvalue weighted by atomic mass is 32.3. The topological polar surface area (TPSA) is 125 Å². The predicted molar refractivity (Wildman–Crippen MR) is 189 cm³/mol. The fourth-order valence-corrected chi connectivity index (χ4v) is 6.64. The number of pyridine rings is 1. The quantitative estimate of drug-likeness (QED) is 0.0810. The number of alkyl halides is 6. The average Bonchev–Trinajstić information content (AvgIpc) is 3.02. The molecule has 2 rings (SSSR count). The van der Waals surface area contributed by atoms with Gasteiger partial charge in [-0.05, 0) is 57.2 Å². The van der Waals surface area contributed by atoms with Crippen molar-refractivity contribution in [3.8, 4) is 0 Å². The number of carbonyl (C=O) groups excluding carboxylic acids is 1. The molecular formula is C35H51F6N3O6S2. The maximum Gasteiger partial charge on any atom is 0.480 e. The number of sulfonamides is 2. The van der Waals surface area contributed by atoms with Gasteiger partial charge in [-0.2, -0.15) is 26.3 Å². The van der Waals surface area contributed by atoms with Crippen LogP contribution in [0.1, 0.15) is 115 Å². The number of hydrogen-bond acceptors (Lipinski definition) is 6. The molecule has 0 spiro atoms. The molecule has 9 nitrogen and oxygen atoms in total. The van der Waals surface area contributed by atoms with Crippen LogP contribution in [0.15, 0.2) is 55.2 Å². The van der Waals surface area contributed by atoms with E-state index in [-0.39, 0.29) is 6.09 Å². The third-order valence-corrected chi connectivity index (χ3v) is 10.6. The zero-order valence-electron chi connectivity index (χ0n) is 30.2. The second-order valence-electron chi connectivity index (χ2n) is 12.8. The highest BCUT2D eigenvalue weighted by Crippen LogP contribution is 2.36. The van der Waals surface area contributed by atoms with Crippen molar-refractivity contribution in [3.05, 3.63) is 76.2 Å². The molecule has 1 heterocycles. The van der Waals surface area contributed by atoms with Gasteiger partial charge in [-0.15, -0.1) is 0 Å². The van der Waals surface area contributed by atoms with E-state index >= 15 is 0 Å². The van der Waals surface area contributed by atoms with Gasteiger partial charge in [-0.3, -0.25) is 0 Å². The van der Waals surface area contributed by atoms with E-state index in [0.29, 0.717) is 6.61 Å². The molecule has 0 aliphatic rings. The first-order chi connectivity index (χ1) is 24.0. The molecule has 0 radical (unpaired) electrons. The second kappa shape index (κ2) is 21.5. The standard InChI is InChI=1S/C33H50N2O2.C2F6NO4S2/c1-6-20-31-23-15-17-25-35(31)24-16-13-11-9-7-8-10-12-14-18-26-37-32(36)34-33(4,5)30-22-19-21-29(27-30)28(2)3;3-1(4,5)14(10,11)9-15(12,13)2(6,7)8/h15,17,19,21-23,25,27H,2,6-14,16,18,20,24,26H2,1,3-5H3;/q;-1/p+1. The molecule has 0 aliphatic carbocycles. The monoisotopic (exact) mass is 787 g/mol. The van der Waals surface area contributed by atoms with Crippen LogP contribution in [0.25, 0.3) is 9.70 Å². The lowest BCUT2D eigenvalue weighted by Gasteiger charge is -2.27. The Morgan fingerprint density at radius 3 is 1.83 bits per heavy atom. The number of allylic oxidation sites excluding steroid dienone is 1. The number of aryl methyl sites for hydroxylation is 2. The number of aromatic nitrogens is 1. The second-order valence-corrected chi connectivity index (χ2v) is 16.3. The molecule has 1 amide bonds. The lowest BCUT2D eigenvalue weighted by molar-refractivity contribution is -0.704. The summed E-state index contributed by atoms with van der Waals surface area (Å²) in [7, 11) is -13.4. The van der Waals surface area contributed by atoms with E-state index in [2.05, 4.69) is 53.8 Å². The number of hydrogen-bond donors (Lipinski definition) is 1. The minimum atomic E-state index is -6.72. The molecule has 0 saturated carbocycles. The van der Waals surface area contributed by atoms with Crippen molar-refractivity contribution in [1.29, 1.82) is 0 Å². The van der Waals surface area contributed by atoms with Crippen LogP contribution in [0.4, 0.5) is 31.1 Å². The number of carbonyl (C=O) groups is 1. The summed E-state index contributed by atoms with van der Waals surface area (Å²) in [5.74, 6) is 0. The Labute approximate surface area is 304 Å². The molecule has 1 N–H and O–H groups in total. The van der Waals surface area contributed by atoms with E-state index < -0.39 is 36.6 Å². The van der Waals surface area contributed by atoms with Crippen molar-refractivity contribution in [2.24, 2.45) is 0 Å². The first-order valence-corrected chi connectivity index (χ1v) is 20.0. The fourth-order valence-electron chi connectivity index (χ4n) is 4.93. The smallest absolute Gasteiger partial charge is 0.450 e. The van der Waals surface area contributed by atoms with Crippen LogP contribution in [-0.4, -0.2) is 40.6 Å². The SMILES string of the molecule is C=C(C)c1cccc(C(C)(C)NC(=O)OCCCCCCCCCCCC[n+]2ccccc2CCC)c1.O=S(=O)([N-]S(=O)(=O)C(F)(F)F)C(F)(F)F. The Balaban J connectivity index is 0.000000757. The van der Waals surface area contributed by atoms with Crippen molar-refractivity contribution in [1.82, 2.24) is 5.32 Å². The van der Waals surface area contributed by atoms with Crippen molar-refractivity contribution in [2.45, 2.75) is 128 Å². The summed E-state index contributed by atoms with van der Waals surface area (Å²) in [4.78, 5) is 12.3. The molecule has 2 aromatic rings. The van der Waals surface area contributed by atoms with Gasteiger partial charge in [-0.25, -0.2) is 26.2 Å². The van der Waals surface area contributed by atoms with E-state index in [4.69, 9.17) is 4.74 Å². The number of unbranched alkanes of at least 4 members (excludes halogenated alkanes) is 9. The number of benzene rings is 1. The third-order valence-electron chi connectivity index (χ3n) is 7.84. The van der Waals surface area contributed by atoms with E-state index in [9.17, 15) is 48.0 Å². The van der Waals surface area contributed by atoms with Crippen molar-refractivity contribution >= 4 is 31.7 Å². The number of ether oxygens (including phenoxy) is 1. The molecule has 0 atom stereocenters. The molecule has 296 valence electrons. The van der Waals surface area contributed by atoms with Crippen LogP contribution in [0, 0.1) is 0 Å². The Bertz CT molecular complexity index is 1590. The van der Waals surface area contributed by atoms with Gasteiger partial charge >= 0.3 is 17.1 Å². The van der Waals surface area contributed by atoms with E-state index in [1.165, 1.54) is 69.9 Å². The Morgan fingerprint density at radius 1 is 0.808 bits per heavy atom. The van der Waals surface area contributed by atoms with Crippen molar-refractivity contribution < 1.29 is 57.3 Å². The van der Waals surface area contributed by atoms with Gasteiger partial charge in [0.2, 0.25) is 0 Å². The molecule has 52 heavy (non-hydrogen) atoms. The van der Waals surface area contributed by atoms with Crippen LogP contribution >= 0.6 is 0 Å². The van der Waals surface area contributed by atoms with Crippen LogP contribution in [0.3, 0.4) is 0 Å². The van der Waals surface area contributed by atoms with Crippen LogP contribution < -0.4 is 9.88 Å². The molecule has 0 saturated heterocycles. The van der Waals surface area contributed by atoms with Crippen LogP contribution in [0.2, 0.25) is 0 Å². The third kappa shape index (κ3) is 17.1. The first kappa shape index (κ1) is 46.8. The van der Waals surface area contributed by atoms with E-state index in [1.54, 1.807) is 0 Å². The molecule has 17 heteroatoms. The highest BCUT2D eigenvalue weighted by molar-refractivity contribution is 8.13. The molecular weight excluding hydrogens is 737 g/mol. The van der Waals surface area contributed by atoms with E-state index in [0.717, 1.165) is 40.2 Å². The lowest BCUT2D eigenvalue weighted by atomic mass is 9.92. The average molecular weight is 788 g/mol. The molecule has 0 bridgehead atoms. The summed E-state index contributed by atoms with van der Waals surface area (Å²) < 4.78 is 117. The molecule has 1 aromatic heterocycles. The number of amides is 1. The Kier molecular flexibility index (Phi) is 19.4. The number of halogens is 6. The summed E-state index contributed by atoms with van der Waals surface area (Å²) in [6.07, 6.45) is 16.7. The number of nitrogens with one attached hydrogen (secondary N) is 1. The fraction of sp³-hybridized carbons (Fsp3) is 0.600. The largest absolute Gasteiger partial charge is 0.480 e. The van der Waals surface area contributed by atoms with Crippen LogP contribution in [0.5, 0.6) is 0 Å². The van der Waals surface area contributed by atoms with Crippen molar-refractivity contribution in [2.75, 3.05) is 6.61 Å². The summed E-state index contributed by atoms with van der Waals surface area (Å²) in [6, 6.07) is 14.7. The lowest BCUT2D eigenvalue weighted by Crippen LogP contribution is -2.41. The number of alkyl carbamates (subject to hydrolysis) is 1. The maximum absolute atomic E-state index is 12.3. The first-order valence-electron chi connectivity index (χ1n) is 17.1. The summed E-state index contributed by atoms with van der Waals surface area (Å²) in [6.45, 7) is 13.9. The van der Waals surface area contributed by atoms with Gasteiger partial charge < -0.3 is 14.2 Å². The molecule has 0 aliphatic heterocycles. The van der Waals surface area contributed by atoms with Gasteiger partial charge in [0.1, 0.15) is 6.54 Å². The van der Waals surface area contributed by atoms with Gasteiger partial charge in [0.15, 0.2) is 31.9 Å². The molecule has 1 aromatic carbocycles. The molecule has 0 fully saturated rings. The Hall–Kier alpha value is -3.18. The summed E-state index contributed by atoms with van der Waals surface area (Å²) in [5.41, 5.74) is -8.30. The maximum atomic E-state index is 12.3. The summed E-state index contributed by atoms with van der Waals surface area (Å²) >= 11 is 0. The minimum absolute atomic E-state index is 0.349. The van der Waals surface area contributed by atoms with E-state index in [1.807, 2.05) is 39.0 Å². The predicted octanol–water partition coefficient (Wildman–Crippen LogP) is 9.58. The number of rotatable bonds is 20. The zero-order valence-corrected chi connectivity index (χ0v) is 31.8. The van der Waals surface area contributed by atoms with Crippen molar-refractivity contribution in [3.63, 3.8) is 0 Å². The van der Waals surface area contributed by atoms with Gasteiger partial charge in [0, 0.05) is 25.0 Å². The highest BCUT2D eigenvalue weighted by Gasteiger charge is 2.47.